The Labute approximate surface area is 185 Å². The lowest BCUT2D eigenvalue weighted by molar-refractivity contribution is -0.141. The quantitative estimate of drug-likeness (QED) is 0.217. The summed E-state index contributed by atoms with van der Waals surface area (Å²) in [7, 11) is 0. The Bertz CT molecular complexity index is 746. The van der Waals surface area contributed by atoms with Gasteiger partial charge in [-0.2, -0.15) is 11.8 Å². The van der Waals surface area contributed by atoms with Crippen LogP contribution >= 0.6 is 11.8 Å². The summed E-state index contributed by atoms with van der Waals surface area (Å²) in [6.07, 6.45) is 1.10. The van der Waals surface area contributed by atoms with Gasteiger partial charge in [0.25, 0.3) is 0 Å². The van der Waals surface area contributed by atoms with Crippen LogP contribution in [0.1, 0.15) is 18.9 Å². The molecule has 0 saturated heterocycles. The van der Waals surface area contributed by atoms with E-state index in [2.05, 4.69) is 16.0 Å². The van der Waals surface area contributed by atoms with Crippen molar-refractivity contribution in [3.63, 3.8) is 0 Å². The Kier molecular flexibility index (Phi) is 11.6. The first-order valence-corrected chi connectivity index (χ1v) is 11.1. The van der Waals surface area contributed by atoms with Gasteiger partial charge in [-0.1, -0.05) is 30.3 Å². The number of carbonyl (C=O) groups excluding carboxylic acids is 3. The molecule has 172 valence electrons. The van der Waals surface area contributed by atoms with Crippen molar-refractivity contribution in [2.45, 2.75) is 44.0 Å². The second kappa shape index (κ2) is 13.6. The zero-order valence-corrected chi connectivity index (χ0v) is 18.4. The number of hydrogen-bond acceptors (Lipinski definition) is 7. The Hall–Kier alpha value is -2.63. The zero-order chi connectivity index (χ0) is 23.4. The van der Waals surface area contributed by atoms with Gasteiger partial charge in [0.05, 0.1) is 12.6 Å². The Balaban J connectivity index is 2.76. The fourth-order valence-electron chi connectivity index (χ4n) is 2.58. The fraction of sp³-hybridized carbons (Fsp3) is 0.500. The van der Waals surface area contributed by atoms with Crippen LogP contribution in [0.25, 0.3) is 0 Å². The molecule has 4 unspecified atom stereocenters. The number of amides is 3. The summed E-state index contributed by atoms with van der Waals surface area (Å²) >= 11 is 1.45. The minimum atomic E-state index is -1.22. The lowest BCUT2D eigenvalue weighted by Crippen LogP contribution is -2.56. The van der Waals surface area contributed by atoms with Crippen molar-refractivity contribution in [3.05, 3.63) is 35.9 Å². The first-order valence-electron chi connectivity index (χ1n) is 9.72. The normalized spacial score (nSPS) is 14.6. The number of hydrogen-bond donors (Lipinski definition) is 6. The first-order chi connectivity index (χ1) is 14.6. The van der Waals surface area contributed by atoms with Gasteiger partial charge in [-0.25, -0.2) is 4.79 Å². The molecule has 0 heterocycles. The predicted octanol–water partition coefficient (Wildman–Crippen LogP) is -1.14. The lowest BCUT2D eigenvalue weighted by atomic mass is 10.0. The highest BCUT2D eigenvalue weighted by Crippen LogP contribution is 2.05. The second-order valence-corrected chi connectivity index (χ2v) is 7.96. The number of aliphatic hydroxyl groups excluding tert-OH is 1. The predicted molar refractivity (Wildman–Crippen MR) is 117 cm³/mol. The highest BCUT2D eigenvalue weighted by Gasteiger charge is 2.27. The van der Waals surface area contributed by atoms with Crippen molar-refractivity contribution in [2.24, 2.45) is 5.73 Å². The molecule has 0 aliphatic rings. The van der Waals surface area contributed by atoms with Crippen LogP contribution in [-0.2, 0) is 25.6 Å². The van der Waals surface area contributed by atoms with E-state index in [0.29, 0.717) is 5.75 Å². The van der Waals surface area contributed by atoms with Crippen molar-refractivity contribution in [3.8, 4) is 0 Å². The summed E-state index contributed by atoms with van der Waals surface area (Å²) < 4.78 is 0. The van der Waals surface area contributed by atoms with E-state index in [1.807, 2.05) is 6.26 Å². The van der Waals surface area contributed by atoms with E-state index in [1.165, 1.54) is 18.7 Å². The summed E-state index contributed by atoms with van der Waals surface area (Å²) in [5.74, 6) is -2.61. The molecule has 7 N–H and O–H groups in total. The SMILES string of the molecule is CSCCC(NC(=O)CNC(=O)C(Cc1ccccc1)NC(=O)C(N)C(C)O)C(=O)O. The number of carbonyl (C=O) groups is 4. The Morgan fingerprint density at radius 3 is 2.26 bits per heavy atom. The van der Waals surface area contributed by atoms with Gasteiger partial charge in [-0.05, 0) is 30.9 Å². The number of benzene rings is 1. The number of rotatable bonds is 13. The van der Waals surface area contributed by atoms with Crippen molar-refractivity contribution in [1.29, 1.82) is 0 Å². The molecule has 0 bridgehead atoms. The molecule has 0 aliphatic carbocycles. The number of aliphatic carboxylic acids is 1. The summed E-state index contributed by atoms with van der Waals surface area (Å²) in [5, 5.41) is 26.0. The van der Waals surface area contributed by atoms with Crippen LogP contribution < -0.4 is 21.7 Å². The molecule has 1 aromatic rings. The summed E-state index contributed by atoms with van der Waals surface area (Å²) in [4.78, 5) is 48.2. The number of nitrogens with two attached hydrogens (primary N) is 1. The zero-order valence-electron chi connectivity index (χ0n) is 17.5. The van der Waals surface area contributed by atoms with Gasteiger partial charge in [0.15, 0.2) is 0 Å². The van der Waals surface area contributed by atoms with Crippen LogP contribution in [-0.4, -0.2) is 76.7 Å². The highest BCUT2D eigenvalue weighted by atomic mass is 32.2. The lowest BCUT2D eigenvalue weighted by Gasteiger charge is -2.22. The van der Waals surface area contributed by atoms with Gasteiger partial charge < -0.3 is 31.9 Å². The largest absolute Gasteiger partial charge is 0.480 e. The third kappa shape index (κ3) is 9.81. The standard InChI is InChI=1S/C20H30N4O6S/c1-12(25)17(21)19(28)24-15(10-13-6-4-3-5-7-13)18(27)22-11-16(26)23-14(20(29)30)8-9-31-2/h3-7,12,14-15,17,25H,8-11,21H2,1-2H3,(H,22,27)(H,23,26)(H,24,28)(H,29,30). The van der Waals surface area contributed by atoms with Crippen LogP contribution in [0.5, 0.6) is 0 Å². The number of carboxylic acids is 1. The summed E-state index contributed by atoms with van der Waals surface area (Å²) in [5.41, 5.74) is 6.40. The van der Waals surface area contributed by atoms with E-state index in [0.717, 1.165) is 5.56 Å². The second-order valence-electron chi connectivity index (χ2n) is 6.97. The highest BCUT2D eigenvalue weighted by molar-refractivity contribution is 7.98. The van der Waals surface area contributed by atoms with Crippen molar-refractivity contribution in [2.75, 3.05) is 18.6 Å². The van der Waals surface area contributed by atoms with Crippen LogP contribution in [0.3, 0.4) is 0 Å². The number of carboxylic acid groups (broad SMARTS) is 1. The molecular weight excluding hydrogens is 424 g/mol. The molecule has 3 amide bonds. The number of nitrogens with one attached hydrogen (secondary N) is 3. The van der Waals surface area contributed by atoms with Crippen LogP contribution in [0.15, 0.2) is 30.3 Å². The van der Waals surface area contributed by atoms with Crippen molar-refractivity contribution < 1.29 is 29.4 Å². The molecule has 0 saturated carbocycles. The molecule has 11 heteroatoms. The van der Waals surface area contributed by atoms with E-state index >= 15 is 0 Å². The third-order valence-electron chi connectivity index (χ3n) is 4.41. The molecule has 0 spiro atoms. The van der Waals surface area contributed by atoms with Gasteiger partial charge in [-0.15, -0.1) is 0 Å². The smallest absolute Gasteiger partial charge is 0.326 e. The van der Waals surface area contributed by atoms with Crippen LogP contribution in [0.4, 0.5) is 0 Å². The van der Waals surface area contributed by atoms with Crippen molar-refractivity contribution >= 4 is 35.5 Å². The Morgan fingerprint density at radius 1 is 1.06 bits per heavy atom. The maximum Gasteiger partial charge on any atom is 0.326 e. The van der Waals surface area contributed by atoms with E-state index in [-0.39, 0.29) is 12.8 Å². The van der Waals surface area contributed by atoms with E-state index < -0.39 is 54.5 Å². The third-order valence-corrected chi connectivity index (χ3v) is 5.05. The summed E-state index contributed by atoms with van der Waals surface area (Å²) in [6, 6.07) is 5.60. The van der Waals surface area contributed by atoms with Crippen molar-refractivity contribution in [1.82, 2.24) is 16.0 Å². The topological polar surface area (TPSA) is 171 Å². The number of aliphatic hydroxyl groups is 1. The maximum absolute atomic E-state index is 12.6. The first kappa shape index (κ1) is 26.4. The molecule has 0 fully saturated rings. The Morgan fingerprint density at radius 2 is 1.71 bits per heavy atom. The van der Waals surface area contributed by atoms with E-state index in [4.69, 9.17) is 5.73 Å². The van der Waals surface area contributed by atoms with E-state index in [9.17, 15) is 29.4 Å². The molecule has 1 aromatic carbocycles. The van der Waals surface area contributed by atoms with E-state index in [1.54, 1.807) is 30.3 Å². The molecule has 0 radical (unpaired) electrons. The molecule has 0 aromatic heterocycles. The van der Waals surface area contributed by atoms with Gasteiger partial charge in [0.2, 0.25) is 17.7 Å². The summed E-state index contributed by atoms with van der Waals surface area (Å²) in [6.45, 7) is 0.905. The van der Waals surface area contributed by atoms with Gasteiger partial charge in [-0.3, -0.25) is 14.4 Å². The average molecular weight is 455 g/mol. The molecule has 0 aliphatic heterocycles. The monoisotopic (exact) mass is 454 g/mol. The minimum Gasteiger partial charge on any atom is -0.480 e. The van der Waals surface area contributed by atoms with Gasteiger partial charge >= 0.3 is 5.97 Å². The van der Waals surface area contributed by atoms with Gasteiger partial charge in [0, 0.05) is 6.42 Å². The molecular formula is C20H30N4O6S. The average Bonchev–Trinajstić information content (AvgIpc) is 2.74. The molecule has 4 atom stereocenters. The van der Waals surface area contributed by atoms with Gasteiger partial charge in [0.1, 0.15) is 18.1 Å². The molecule has 1 rings (SSSR count). The minimum absolute atomic E-state index is 0.137. The maximum atomic E-state index is 12.6. The molecule has 10 nitrogen and oxygen atoms in total. The number of thioether (sulfide) groups is 1. The fourth-order valence-corrected chi connectivity index (χ4v) is 3.05. The van der Waals surface area contributed by atoms with Crippen LogP contribution in [0, 0.1) is 0 Å². The molecule has 31 heavy (non-hydrogen) atoms. The van der Waals surface area contributed by atoms with Crippen LogP contribution in [0.2, 0.25) is 0 Å².